The van der Waals surface area contributed by atoms with Crippen LogP contribution in [0, 0.1) is 5.41 Å². The van der Waals surface area contributed by atoms with Crippen LogP contribution in [0.25, 0.3) is 17.0 Å². The van der Waals surface area contributed by atoms with E-state index in [1.54, 1.807) is 0 Å². The van der Waals surface area contributed by atoms with Gasteiger partial charge in [0.1, 0.15) is 5.60 Å². The summed E-state index contributed by atoms with van der Waals surface area (Å²) in [4.78, 5) is 16.9. The molecule has 0 spiro atoms. The minimum absolute atomic E-state index is 0.0472. The number of fused-ring (bicyclic) bond motifs is 1. The number of carbonyl (C=O) groups excluding carboxylic acids is 1. The number of hydrogen-bond acceptors (Lipinski definition) is 4. The maximum absolute atomic E-state index is 12.1. The van der Waals surface area contributed by atoms with Crippen LogP contribution >= 0.6 is 0 Å². The molecule has 174 valence electrons. The highest BCUT2D eigenvalue weighted by Crippen LogP contribution is 2.41. The fourth-order valence-electron chi connectivity index (χ4n) is 4.24. The summed E-state index contributed by atoms with van der Waals surface area (Å²) < 4.78 is 11.4. The quantitative estimate of drug-likeness (QED) is 0.556. The molecule has 0 saturated carbocycles. The number of allylic oxidation sites excluding steroid dienone is 1. The summed E-state index contributed by atoms with van der Waals surface area (Å²) in [5, 5.41) is 3.94. The third-order valence-corrected chi connectivity index (χ3v) is 6.24. The number of rotatable bonds is 5. The minimum atomic E-state index is -0.530. The molecule has 2 unspecified atom stereocenters. The highest BCUT2D eigenvalue weighted by Gasteiger charge is 2.37. The molecule has 0 aliphatic carbocycles. The van der Waals surface area contributed by atoms with Crippen LogP contribution in [-0.4, -0.2) is 28.9 Å². The van der Waals surface area contributed by atoms with Gasteiger partial charge in [0.05, 0.1) is 22.9 Å². The van der Waals surface area contributed by atoms with E-state index in [2.05, 4.69) is 56.4 Å². The Kier molecular flexibility index (Phi) is 6.99. The van der Waals surface area contributed by atoms with Crippen molar-refractivity contribution in [2.75, 3.05) is 6.61 Å². The normalized spacial score (nSPS) is 25.1. The van der Waals surface area contributed by atoms with Gasteiger partial charge in [-0.25, -0.2) is 4.79 Å². The Morgan fingerprint density at radius 2 is 2.00 bits per heavy atom. The van der Waals surface area contributed by atoms with Crippen LogP contribution < -0.4 is 5.32 Å². The van der Waals surface area contributed by atoms with Crippen LogP contribution in [0.3, 0.4) is 0 Å². The van der Waals surface area contributed by atoms with E-state index in [9.17, 15) is 4.79 Å². The molecule has 0 bridgehead atoms. The molecule has 2 heterocycles. The molecule has 3 rings (SSSR count). The molecule has 1 aliphatic heterocycles. The van der Waals surface area contributed by atoms with Crippen LogP contribution in [0.5, 0.6) is 0 Å². The smallest absolute Gasteiger partial charge is 0.408 e. The lowest BCUT2D eigenvalue weighted by atomic mass is 9.73. The molecular weight excluding hydrogens is 400 g/mol. The number of amides is 1. The summed E-state index contributed by atoms with van der Waals surface area (Å²) in [5.74, 6) is 0. The molecule has 1 N–H and O–H groups in total. The fraction of sp³-hybridized carbons (Fsp3) is 0.556. The lowest BCUT2D eigenvalue weighted by Crippen LogP contribution is -2.40. The van der Waals surface area contributed by atoms with Crippen LogP contribution in [0.1, 0.15) is 85.0 Å². The first kappa shape index (κ1) is 24.2. The van der Waals surface area contributed by atoms with E-state index < -0.39 is 11.7 Å². The Balaban J connectivity index is 1.76. The van der Waals surface area contributed by atoms with E-state index in [1.807, 2.05) is 39.8 Å². The Morgan fingerprint density at radius 1 is 1.28 bits per heavy atom. The zero-order chi connectivity index (χ0) is 23.6. The van der Waals surface area contributed by atoms with Gasteiger partial charge in [0, 0.05) is 12.0 Å². The molecule has 1 saturated heterocycles. The number of benzene rings is 1. The van der Waals surface area contributed by atoms with Crippen LogP contribution in [-0.2, 0) is 9.47 Å². The SMILES string of the molecule is CCC1(C)CC(C)(/C=C/c2ccc3ccc([C@@H](C)NC(=O)OC(C)(C)C)nc3c2)CCO1. The van der Waals surface area contributed by atoms with Gasteiger partial charge in [0.15, 0.2) is 0 Å². The highest BCUT2D eigenvalue weighted by atomic mass is 16.6. The van der Waals surface area contributed by atoms with E-state index in [1.165, 1.54) is 0 Å². The highest BCUT2D eigenvalue weighted by molar-refractivity contribution is 5.81. The van der Waals surface area contributed by atoms with Gasteiger partial charge in [-0.05, 0) is 77.0 Å². The van der Waals surface area contributed by atoms with Crippen molar-refractivity contribution in [1.82, 2.24) is 10.3 Å². The average Bonchev–Trinajstić information content (AvgIpc) is 2.70. The Bertz CT molecular complexity index is 994. The minimum Gasteiger partial charge on any atom is -0.444 e. The Morgan fingerprint density at radius 3 is 2.69 bits per heavy atom. The van der Waals surface area contributed by atoms with Crippen LogP contribution in [0.4, 0.5) is 4.79 Å². The first-order valence-electron chi connectivity index (χ1n) is 11.6. The number of pyridine rings is 1. The summed E-state index contributed by atoms with van der Waals surface area (Å²) in [7, 11) is 0. The second kappa shape index (κ2) is 9.22. The summed E-state index contributed by atoms with van der Waals surface area (Å²) in [6.07, 6.45) is 7.18. The van der Waals surface area contributed by atoms with Gasteiger partial charge in [-0.15, -0.1) is 0 Å². The molecule has 1 aromatic heterocycles. The lowest BCUT2D eigenvalue weighted by Gasteiger charge is -2.43. The zero-order valence-electron chi connectivity index (χ0n) is 20.6. The van der Waals surface area contributed by atoms with Gasteiger partial charge in [0.2, 0.25) is 0 Å². The van der Waals surface area contributed by atoms with Gasteiger partial charge in [-0.2, -0.15) is 0 Å². The summed E-state index contributed by atoms with van der Waals surface area (Å²) in [6, 6.07) is 10.1. The van der Waals surface area contributed by atoms with Crippen molar-refractivity contribution in [3.8, 4) is 0 Å². The number of ether oxygens (including phenoxy) is 2. The maximum Gasteiger partial charge on any atom is 0.408 e. The van der Waals surface area contributed by atoms with E-state index in [0.717, 1.165) is 48.0 Å². The van der Waals surface area contributed by atoms with Gasteiger partial charge in [-0.3, -0.25) is 4.98 Å². The Labute approximate surface area is 192 Å². The van der Waals surface area contributed by atoms with Gasteiger partial charge >= 0.3 is 6.09 Å². The third kappa shape index (κ3) is 6.32. The van der Waals surface area contributed by atoms with Gasteiger partial charge < -0.3 is 14.8 Å². The molecule has 2 aromatic rings. The number of hydrogen-bond donors (Lipinski definition) is 1. The maximum atomic E-state index is 12.1. The molecule has 3 atom stereocenters. The van der Waals surface area contributed by atoms with E-state index >= 15 is 0 Å². The molecule has 5 heteroatoms. The number of alkyl carbamates (subject to hydrolysis) is 1. The van der Waals surface area contributed by atoms with Crippen molar-refractivity contribution >= 4 is 23.1 Å². The molecule has 0 radical (unpaired) electrons. The second-order valence-electron chi connectivity index (χ2n) is 10.6. The first-order chi connectivity index (χ1) is 14.9. The van der Waals surface area contributed by atoms with Crippen molar-refractivity contribution in [3.05, 3.63) is 47.7 Å². The lowest BCUT2D eigenvalue weighted by molar-refractivity contribution is -0.101. The third-order valence-electron chi connectivity index (χ3n) is 6.24. The van der Waals surface area contributed by atoms with Gasteiger partial charge in [-0.1, -0.05) is 44.2 Å². The molecular formula is C27H38N2O3. The van der Waals surface area contributed by atoms with E-state index in [0.29, 0.717) is 0 Å². The summed E-state index contributed by atoms with van der Waals surface area (Å²) in [5.41, 5.74) is 2.39. The standard InChI is InChI=1S/C27H38N2O3/c1-8-27(7)18-26(6,15-16-31-27)14-13-20-9-10-21-11-12-22(29-23(21)17-20)19(2)28-24(30)32-25(3,4)5/h9-14,17,19H,8,15-16,18H2,1-7H3,(H,28,30)/b14-13+/t19-,26?,27?/m1/s1. The zero-order valence-corrected chi connectivity index (χ0v) is 20.6. The predicted octanol–water partition coefficient (Wildman–Crippen LogP) is 6.82. The van der Waals surface area contributed by atoms with Crippen molar-refractivity contribution in [2.24, 2.45) is 5.41 Å². The average molecular weight is 439 g/mol. The number of aromatic nitrogens is 1. The van der Waals surface area contributed by atoms with Crippen molar-refractivity contribution in [2.45, 2.75) is 85.0 Å². The molecule has 1 fully saturated rings. The molecule has 5 nitrogen and oxygen atoms in total. The van der Waals surface area contributed by atoms with Gasteiger partial charge in [0.25, 0.3) is 0 Å². The number of nitrogens with zero attached hydrogens (tertiary/aromatic N) is 1. The van der Waals surface area contributed by atoms with Crippen LogP contribution in [0.15, 0.2) is 36.4 Å². The molecule has 32 heavy (non-hydrogen) atoms. The van der Waals surface area contributed by atoms with E-state index in [-0.39, 0.29) is 17.1 Å². The topological polar surface area (TPSA) is 60.5 Å². The summed E-state index contributed by atoms with van der Waals surface area (Å²) in [6.45, 7) is 15.0. The van der Waals surface area contributed by atoms with Crippen molar-refractivity contribution in [1.29, 1.82) is 0 Å². The summed E-state index contributed by atoms with van der Waals surface area (Å²) >= 11 is 0. The predicted molar refractivity (Wildman–Crippen MR) is 131 cm³/mol. The second-order valence-corrected chi connectivity index (χ2v) is 10.6. The number of nitrogens with one attached hydrogen (secondary N) is 1. The van der Waals surface area contributed by atoms with E-state index in [4.69, 9.17) is 14.5 Å². The molecule has 1 aliphatic rings. The van der Waals surface area contributed by atoms with Crippen molar-refractivity contribution in [3.63, 3.8) is 0 Å². The van der Waals surface area contributed by atoms with Crippen LogP contribution in [0.2, 0.25) is 0 Å². The Hall–Kier alpha value is -2.40. The molecule has 1 aromatic carbocycles. The monoisotopic (exact) mass is 438 g/mol. The fourth-order valence-corrected chi connectivity index (χ4v) is 4.24. The largest absolute Gasteiger partial charge is 0.444 e. The number of carbonyl (C=O) groups is 1. The first-order valence-corrected chi connectivity index (χ1v) is 11.6. The molecule has 1 amide bonds. The van der Waals surface area contributed by atoms with Crippen molar-refractivity contribution < 1.29 is 14.3 Å².